The summed E-state index contributed by atoms with van der Waals surface area (Å²) in [7, 11) is 0. The van der Waals surface area contributed by atoms with Gasteiger partial charge in [-0.05, 0) is 32.8 Å². The van der Waals surface area contributed by atoms with Crippen LogP contribution in [0.15, 0.2) is 18.5 Å². The molecule has 0 amide bonds. The highest BCUT2D eigenvalue weighted by molar-refractivity contribution is 7.99. The molecule has 3 nitrogen and oxygen atoms in total. The number of pyridine rings is 1. The molecule has 1 aliphatic rings. The van der Waals surface area contributed by atoms with Gasteiger partial charge in [0.2, 0.25) is 0 Å². The van der Waals surface area contributed by atoms with Gasteiger partial charge in [0.25, 0.3) is 0 Å². The molecule has 0 saturated heterocycles. The number of hydrogen-bond acceptors (Lipinski definition) is 4. The highest BCUT2D eigenvalue weighted by Gasteiger charge is 2.17. The summed E-state index contributed by atoms with van der Waals surface area (Å²) >= 11 is 1.90. The number of thioether (sulfide) groups is 1. The number of aliphatic hydroxyl groups is 1. The van der Waals surface area contributed by atoms with Gasteiger partial charge in [0.15, 0.2) is 0 Å². The molecule has 1 saturated carbocycles. The topological polar surface area (TPSA) is 42.4 Å². The van der Waals surface area contributed by atoms with Crippen LogP contribution in [0.5, 0.6) is 5.75 Å². The second-order valence-corrected chi connectivity index (χ2v) is 7.06. The lowest BCUT2D eigenvalue weighted by molar-refractivity contribution is 0.200. The molecular weight excluding hydrogens is 270 g/mol. The molecule has 1 heterocycles. The van der Waals surface area contributed by atoms with Crippen LogP contribution >= 0.6 is 11.8 Å². The highest BCUT2D eigenvalue weighted by Crippen LogP contribution is 2.31. The third-order valence-electron chi connectivity index (χ3n) is 3.53. The largest absolute Gasteiger partial charge is 0.489 e. The molecule has 112 valence electrons. The quantitative estimate of drug-likeness (QED) is 0.862. The third kappa shape index (κ3) is 4.98. The summed E-state index contributed by atoms with van der Waals surface area (Å²) in [6, 6.07) is 1.90. The maximum absolute atomic E-state index is 10.3. The van der Waals surface area contributed by atoms with Crippen molar-refractivity contribution in [1.29, 1.82) is 0 Å². The second kappa shape index (κ2) is 7.89. The van der Waals surface area contributed by atoms with Gasteiger partial charge >= 0.3 is 0 Å². The van der Waals surface area contributed by atoms with Crippen LogP contribution in [0.25, 0.3) is 0 Å². The van der Waals surface area contributed by atoms with Crippen molar-refractivity contribution in [2.45, 2.75) is 63.4 Å². The molecule has 1 fully saturated rings. The summed E-state index contributed by atoms with van der Waals surface area (Å²) in [5.41, 5.74) is 0.853. The van der Waals surface area contributed by atoms with E-state index in [4.69, 9.17) is 4.74 Å². The smallest absolute Gasteiger partial charge is 0.138 e. The van der Waals surface area contributed by atoms with Crippen molar-refractivity contribution in [2.24, 2.45) is 0 Å². The minimum atomic E-state index is -0.454. The standard InChI is InChI=1S/C16H25NO2S/c1-12(2)19-14-8-13(9-17-10-14)16(18)11-20-15-6-4-3-5-7-15/h8-10,12,15-16,18H,3-7,11H2,1-2H3. The predicted octanol–water partition coefficient (Wildman–Crippen LogP) is 3.97. The van der Waals surface area contributed by atoms with Gasteiger partial charge in [-0.1, -0.05) is 19.3 Å². The first-order valence-electron chi connectivity index (χ1n) is 7.56. The Balaban J connectivity index is 1.86. The van der Waals surface area contributed by atoms with Gasteiger partial charge < -0.3 is 9.84 Å². The number of aromatic nitrogens is 1. The fourth-order valence-electron chi connectivity index (χ4n) is 2.51. The van der Waals surface area contributed by atoms with Crippen LogP contribution < -0.4 is 4.74 Å². The van der Waals surface area contributed by atoms with E-state index in [1.54, 1.807) is 12.4 Å². The van der Waals surface area contributed by atoms with Gasteiger partial charge in [0, 0.05) is 22.8 Å². The SMILES string of the molecule is CC(C)Oc1cncc(C(O)CSC2CCCCC2)c1. The summed E-state index contributed by atoms with van der Waals surface area (Å²) in [4.78, 5) is 4.16. The molecule has 0 bridgehead atoms. The van der Waals surface area contributed by atoms with E-state index in [0.29, 0.717) is 0 Å². The van der Waals surface area contributed by atoms with Crippen molar-refractivity contribution < 1.29 is 9.84 Å². The van der Waals surface area contributed by atoms with Crippen molar-refractivity contribution in [2.75, 3.05) is 5.75 Å². The lowest BCUT2D eigenvalue weighted by Crippen LogP contribution is -2.12. The third-order valence-corrected chi connectivity index (χ3v) is 4.98. The normalized spacial score (nSPS) is 18.2. The summed E-state index contributed by atoms with van der Waals surface area (Å²) in [5.74, 6) is 1.48. The van der Waals surface area contributed by atoms with Crippen molar-refractivity contribution in [3.8, 4) is 5.75 Å². The van der Waals surface area contributed by atoms with Crippen LogP contribution in [0.2, 0.25) is 0 Å². The number of nitrogens with zero attached hydrogens (tertiary/aromatic N) is 1. The molecule has 1 aromatic heterocycles. The fourth-order valence-corrected chi connectivity index (χ4v) is 3.82. The van der Waals surface area contributed by atoms with Crippen molar-refractivity contribution in [1.82, 2.24) is 4.98 Å². The van der Waals surface area contributed by atoms with Gasteiger partial charge in [0.1, 0.15) is 5.75 Å². The first-order chi connectivity index (χ1) is 9.65. The fraction of sp³-hybridized carbons (Fsp3) is 0.688. The minimum absolute atomic E-state index is 0.126. The Bertz CT molecular complexity index is 405. The zero-order valence-corrected chi connectivity index (χ0v) is 13.2. The molecule has 1 aromatic rings. The lowest BCUT2D eigenvalue weighted by atomic mass is 10.0. The van der Waals surface area contributed by atoms with Gasteiger partial charge in [-0.3, -0.25) is 4.98 Å². The van der Waals surface area contributed by atoms with Crippen LogP contribution in [0.1, 0.15) is 57.6 Å². The minimum Gasteiger partial charge on any atom is -0.489 e. The van der Waals surface area contributed by atoms with Crippen LogP contribution in [-0.4, -0.2) is 27.2 Å². The average Bonchev–Trinajstić information content (AvgIpc) is 2.45. The molecule has 0 spiro atoms. The molecular formula is C16H25NO2S. The highest BCUT2D eigenvalue weighted by atomic mass is 32.2. The Morgan fingerprint density at radius 1 is 1.30 bits per heavy atom. The molecule has 0 radical (unpaired) electrons. The van der Waals surface area contributed by atoms with Crippen LogP contribution in [0.4, 0.5) is 0 Å². The molecule has 0 aliphatic heterocycles. The van der Waals surface area contributed by atoms with Gasteiger partial charge in [-0.15, -0.1) is 0 Å². The Morgan fingerprint density at radius 2 is 2.05 bits per heavy atom. The van der Waals surface area contributed by atoms with Crippen LogP contribution in [0, 0.1) is 0 Å². The van der Waals surface area contributed by atoms with Crippen molar-refractivity contribution in [3.63, 3.8) is 0 Å². The molecule has 20 heavy (non-hydrogen) atoms. The predicted molar refractivity (Wildman–Crippen MR) is 84.3 cm³/mol. The summed E-state index contributed by atoms with van der Waals surface area (Å²) in [6.45, 7) is 3.98. The molecule has 0 aromatic carbocycles. The summed E-state index contributed by atoms with van der Waals surface area (Å²) in [6.07, 6.45) is 9.76. The summed E-state index contributed by atoms with van der Waals surface area (Å²) in [5, 5.41) is 11.0. The zero-order chi connectivity index (χ0) is 14.4. The average molecular weight is 295 g/mol. The first-order valence-corrected chi connectivity index (χ1v) is 8.61. The van der Waals surface area contributed by atoms with E-state index in [-0.39, 0.29) is 6.10 Å². The van der Waals surface area contributed by atoms with E-state index < -0.39 is 6.10 Å². The molecule has 2 rings (SSSR count). The van der Waals surface area contributed by atoms with Crippen LogP contribution in [-0.2, 0) is 0 Å². The Morgan fingerprint density at radius 3 is 2.75 bits per heavy atom. The van der Waals surface area contributed by atoms with Gasteiger partial charge in [-0.2, -0.15) is 11.8 Å². The van der Waals surface area contributed by atoms with Gasteiger partial charge in [-0.25, -0.2) is 0 Å². The molecule has 1 aliphatic carbocycles. The van der Waals surface area contributed by atoms with Crippen molar-refractivity contribution in [3.05, 3.63) is 24.0 Å². The van der Waals surface area contributed by atoms with E-state index >= 15 is 0 Å². The number of hydrogen-bond donors (Lipinski definition) is 1. The Hall–Kier alpha value is -0.740. The summed E-state index contributed by atoms with van der Waals surface area (Å²) < 4.78 is 5.62. The van der Waals surface area contributed by atoms with E-state index in [2.05, 4.69) is 4.98 Å². The van der Waals surface area contributed by atoms with E-state index in [1.807, 2.05) is 31.7 Å². The molecule has 1 atom stereocenters. The molecule has 1 unspecified atom stereocenters. The number of ether oxygens (including phenoxy) is 1. The second-order valence-electron chi connectivity index (χ2n) is 5.73. The molecule has 1 N–H and O–H groups in total. The monoisotopic (exact) mass is 295 g/mol. The van der Waals surface area contributed by atoms with Crippen LogP contribution in [0.3, 0.4) is 0 Å². The molecule has 4 heteroatoms. The van der Waals surface area contributed by atoms with E-state index in [0.717, 1.165) is 22.3 Å². The number of rotatable bonds is 6. The lowest BCUT2D eigenvalue weighted by Gasteiger charge is -2.22. The maximum Gasteiger partial charge on any atom is 0.138 e. The van der Waals surface area contributed by atoms with E-state index in [9.17, 15) is 5.11 Å². The Labute approximate surface area is 126 Å². The zero-order valence-electron chi connectivity index (χ0n) is 12.4. The van der Waals surface area contributed by atoms with Gasteiger partial charge in [0.05, 0.1) is 18.4 Å². The maximum atomic E-state index is 10.3. The van der Waals surface area contributed by atoms with Crippen molar-refractivity contribution >= 4 is 11.8 Å². The number of aliphatic hydroxyl groups excluding tert-OH is 1. The first kappa shape index (κ1) is 15.6. The van der Waals surface area contributed by atoms with E-state index in [1.165, 1.54) is 32.1 Å². The Kier molecular flexibility index (Phi) is 6.17.